The molecule has 1 aromatic rings. The molecular formula is C17H16N2O3. The number of fused-ring (bicyclic) bond motifs is 5. The molecule has 2 N–H and O–H groups in total. The Morgan fingerprint density at radius 2 is 1.95 bits per heavy atom. The SMILES string of the molecule is NC(=O)C12C=CC(C1)C1C(=O)N(Cc3ccccc3)C(=O)C12. The van der Waals surface area contributed by atoms with Crippen molar-refractivity contribution in [2.24, 2.45) is 28.9 Å². The van der Waals surface area contributed by atoms with Crippen LogP contribution in [-0.2, 0) is 20.9 Å². The van der Waals surface area contributed by atoms with Crippen molar-refractivity contribution in [3.8, 4) is 0 Å². The first-order valence-electron chi connectivity index (χ1n) is 7.43. The van der Waals surface area contributed by atoms with Crippen LogP contribution in [0.15, 0.2) is 42.5 Å². The molecule has 4 rings (SSSR count). The van der Waals surface area contributed by atoms with Crippen molar-refractivity contribution in [3.63, 3.8) is 0 Å². The Morgan fingerprint density at radius 3 is 2.64 bits per heavy atom. The number of hydrogen-bond acceptors (Lipinski definition) is 3. The van der Waals surface area contributed by atoms with Crippen LogP contribution in [0, 0.1) is 23.2 Å². The number of amides is 3. The molecule has 1 aromatic carbocycles. The molecular weight excluding hydrogens is 280 g/mol. The number of allylic oxidation sites excluding steroid dienone is 1. The van der Waals surface area contributed by atoms with Crippen molar-refractivity contribution in [3.05, 3.63) is 48.0 Å². The van der Waals surface area contributed by atoms with Gasteiger partial charge < -0.3 is 5.73 Å². The van der Waals surface area contributed by atoms with E-state index in [9.17, 15) is 14.4 Å². The Morgan fingerprint density at radius 1 is 1.23 bits per heavy atom. The van der Waals surface area contributed by atoms with E-state index in [1.165, 1.54) is 4.90 Å². The highest BCUT2D eigenvalue weighted by Gasteiger charge is 2.68. The number of primary amides is 1. The Labute approximate surface area is 127 Å². The zero-order valence-electron chi connectivity index (χ0n) is 11.9. The fourth-order valence-corrected chi connectivity index (χ4v) is 4.28. The maximum atomic E-state index is 12.8. The first-order chi connectivity index (χ1) is 10.5. The number of carbonyl (C=O) groups is 3. The zero-order chi connectivity index (χ0) is 15.5. The predicted molar refractivity (Wildman–Crippen MR) is 77.9 cm³/mol. The molecule has 1 aliphatic heterocycles. The van der Waals surface area contributed by atoms with Gasteiger partial charge in [0.1, 0.15) is 0 Å². The molecule has 22 heavy (non-hydrogen) atoms. The molecule has 2 aliphatic carbocycles. The summed E-state index contributed by atoms with van der Waals surface area (Å²) in [6.07, 6.45) is 4.12. The normalized spacial score (nSPS) is 35.3. The topological polar surface area (TPSA) is 80.5 Å². The van der Waals surface area contributed by atoms with Crippen LogP contribution >= 0.6 is 0 Å². The summed E-state index contributed by atoms with van der Waals surface area (Å²) in [7, 11) is 0. The molecule has 5 nitrogen and oxygen atoms in total. The average Bonchev–Trinajstić information content (AvgIpc) is 3.16. The molecule has 5 heteroatoms. The van der Waals surface area contributed by atoms with Crippen molar-refractivity contribution in [2.75, 3.05) is 0 Å². The largest absolute Gasteiger partial charge is 0.369 e. The van der Waals surface area contributed by atoms with Gasteiger partial charge in [0.2, 0.25) is 17.7 Å². The van der Waals surface area contributed by atoms with Crippen LogP contribution in [0.2, 0.25) is 0 Å². The average molecular weight is 296 g/mol. The van der Waals surface area contributed by atoms with E-state index < -0.39 is 23.2 Å². The molecule has 4 atom stereocenters. The molecule has 3 amide bonds. The Hall–Kier alpha value is -2.43. The van der Waals surface area contributed by atoms with E-state index in [0.29, 0.717) is 6.42 Å². The summed E-state index contributed by atoms with van der Waals surface area (Å²) in [5.41, 5.74) is 5.50. The highest BCUT2D eigenvalue weighted by atomic mass is 16.2. The van der Waals surface area contributed by atoms with Gasteiger partial charge in [-0.1, -0.05) is 42.5 Å². The maximum Gasteiger partial charge on any atom is 0.234 e. The third-order valence-electron chi connectivity index (χ3n) is 5.32. The van der Waals surface area contributed by atoms with Crippen molar-refractivity contribution >= 4 is 17.7 Å². The standard InChI is InChI=1S/C17H16N2O3/c18-16(22)17-7-6-11(8-17)12-13(17)15(21)19(14(12)20)9-10-4-2-1-3-5-10/h1-7,11-13H,8-9H2,(H2,18,22). The molecule has 4 unspecified atom stereocenters. The number of hydrogen-bond donors (Lipinski definition) is 1. The second kappa shape index (κ2) is 4.29. The quantitative estimate of drug-likeness (QED) is 0.663. The second-order valence-electron chi connectivity index (χ2n) is 6.38. The number of likely N-dealkylation sites (tertiary alicyclic amines) is 1. The minimum atomic E-state index is -0.965. The number of nitrogens with zero attached hydrogens (tertiary/aromatic N) is 1. The van der Waals surface area contributed by atoms with Crippen molar-refractivity contribution < 1.29 is 14.4 Å². The zero-order valence-corrected chi connectivity index (χ0v) is 11.9. The van der Waals surface area contributed by atoms with Crippen molar-refractivity contribution in [1.29, 1.82) is 0 Å². The van der Waals surface area contributed by atoms with Gasteiger partial charge in [0.15, 0.2) is 0 Å². The number of rotatable bonds is 3. The summed E-state index contributed by atoms with van der Waals surface area (Å²) in [5.74, 6) is -2.01. The minimum Gasteiger partial charge on any atom is -0.369 e. The summed E-state index contributed by atoms with van der Waals surface area (Å²) in [6.45, 7) is 0.257. The molecule has 112 valence electrons. The van der Waals surface area contributed by atoms with E-state index in [0.717, 1.165) is 5.56 Å². The van der Waals surface area contributed by atoms with Crippen LogP contribution in [0.25, 0.3) is 0 Å². The summed E-state index contributed by atoms with van der Waals surface area (Å²) in [5, 5.41) is 0. The molecule has 0 radical (unpaired) electrons. The smallest absolute Gasteiger partial charge is 0.234 e. The third-order valence-corrected chi connectivity index (χ3v) is 5.32. The molecule has 3 aliphatic rings. The Bertz CT molecular complexity index is 712. The first-order valence-corrected chi connectivity index (χ1v) is 7.43. The van der Waals surface area contributed by atoms with Crippen LogP contribution < -0.4 is 5.73 Å². The molecule has 2 bridgehead atoms. The van der Waals surface area contributed by atoms with Crippen LogP contribution in [0.5, 0.6) is 0 Å². The van der Waals surface area contributed by atoms with Gasteiger partial charge in [-0.25, -0.2) is 0 Å². The van der Waals surface area contributed by atoms with Crippen LogP contribution in [0.4, 0.5) is 0 Å². The lowest BCUT2D eigenvalue weighted by atomic mass is 9.74. The van der Waals surface area contributed by atoms with Gasteiger partial charge in [-0.05, 0) is 17.9 Å². The van der Waals surface area contributed by atoms with Crippen LogP contribution in [0.3, 0.4) is 0 Å². The summed E-state index contributed by atoms with van der Waals surface area (Å²) >= 11 is 0. The van der Waals surface area contributed by atoms with Gasteiger partial charge in [0.25, 0.3) is 0 Å². The number of imide groups is 1. The Balaban J connectivity index is 1.69. The monoisotopic (exact) mass is 296 g/mol. The summed E-state index contributed by atoms with van der Waals surface area (Å²) < 4.78 is 0. The van der Waals surface area contributed by atoms with E-state index in [2.05, 4.69) is 0 Å². The molecule has 1 saturated carbocycles. The maximum absolute atomic E-state index is 12.8. The van der Waals surface area contributed by atoms with Crippen LogP contribution in [0.1, 0.15) is 12.0 Å². The number of nitrogens with two attached hydrogens (primary N) is 1. The molecule has 1 saturated heterocycles. The Kier molecular flexibility index (Phi) is 2.58. The lowest BCUT2D eigenvalue weighted by molar-refractivity contribution is -0.144. The molecule has 1 heterocycles. The lowest BCUT2D eigenvalue weighted by Crippen LogP contribution is -2.43. The lowest BCUT2D eigenvalue weighted by Gasteiger charge is -2.26. The van der Waals surface area contributed by atoms with E-state index in [1.54, 1.807) is 6.08 Å². The summed E-state index contributed by atoms with van der Waals surface area (Å²) in [6, 6.07) is 9.39. The third kappa shape index (κ3) is 1.51. The molecule has 2 fully saturated rings. The fourth-order valence-electron chi connectivity index (χ4n) is 4.28. The van der Waals surface area contributed by atoms with E-state index >= 15 is 0 Å². The highest BCUT2D eigenvalue weighted by molar-refractivity contribution is 6.09. The highest BCUT2D eigenvalue weighted by Crippen LogP contribution is 2.59. The van der Waals surface area contributed by atoms with Crippen LogP contribution in [-0.4, -0.2) is 22.6 Å². The minimum absolute atomic E-state index is 0.0466. The van der Waals surface area contributed by atoms with Gasteiger partial charge in [0, 0.05) is 0 Å². The van der Waals surface area contributed by atoms with Gasteiger partial charge in [-0.2, -0.15) is 0 Å². The summed E-state index contributed by atoms with van der Waals surface area (Å²) in [4.78, 5) is 38.7. The molecule has 0 spiro atoms. The number of carbonyl (C=O) groups excluding carboxylic acids is 3. The van der Waals surface area contributed by atoms with Crippen molar-refractivity contribution in [2.45, 2.75) is 13.0 Å². The van der Waals surface area contributed by atoms with Crippen molar-refractivity contribution in [1.82, 2.24) is 4.90 Å². The first kappa shape index (κ1) is 13.2. The van der Waals surface area contributed by atoms with Gasteiger partial charge >= 0.3 is 0 Å². The fraction of sp³-hybridized carbons (Fsp3) is 0.353. The van der Waals surface area contributed by atoms with Gasteiger partial charge in [-0.3, -0.25) is 19.3 Å². The van der Waals surface area contributed by atoms with E-state index in [4.69, 9.17) is 5.73 Å². The van der Waals surface area contributed by atoms with E-state index in [1.807, 2.05) is 36.4 Å². The van der Waals surface area contributed by atoms with Gasteiger partial charge in [-0.15, -0.1) is 0 Å². The molecule has 0 aromatic heterocycles. The number of benzene rings is 1. The van der Waals surface area contributed by atoms with Gasteiger partial charge in [0.05, 0.1) is 23.8 Å². The van der Waals surface area contributed by atoms with E-state index in [-0.39, 0.29) is 24.3 Å². The second-order valence-corrected chi connectivity index (χ2v) is 6.38. The predicted octanol–water partition coefficient (Wildman–Crippen LogP) is 0.849.